The summed E-state index contributed by atoms with van der Waals surface area (Å²) >= 11 is 1.73. The van der Waals surface area contributed by atoms with Gasteiger partial charge >= 0.3 is 20.1 Å². The van der Waals surface area contributed by atoms with E-state index in [4.69, 9.17) is 12.0 Å². The predicted molar refractivity (Wildman–Crippen MR) is 343 cm³/mol. The molecule has 0 amide bonds. The Bertz CT molecular complexity index is 4360. The van der Waals surface area contributed by atoms with E-state index in [0.717, 1.165) is 60.9 Å². The summed E-state index contributed by atoms with van der Waals surface area (Å²) in [6, 6.07) is 67.4. The number of aromatic nitrogens is 5. The number of hydrogen-bond donors (Lipinski definition) is 1. The molecule has 7 heterocycles. The fourth-order valence-electron chi connectivity index (χ4n) is 8.56. The summed E-state index contributed by atoms with van der Waals surface area (Å²) in [6.45, 7) is 8.67. The van der Waals surface area contributed by atoms with Crippen LogP contribution < -0.4 is 19.8 Å². The second-order valence-corrected chi connectivity index (χ2v) is 19.9. The van der Waals surface area contributed by atoms with Gasteiger partial charge in [0.2, 0.25) is 0 Å². The summed E-state index contributed by atoms with van der Waals surface area (Å²) in [6.07, 6.45) is 11.8. The molecule has 0 fully saturated rings. The molecule has 14 rings (SSSR count). The first-order chi connectivity index (χ1) is 43.5. The molecule has 0 aliphatic carbocycles. The number of anilines is 4. The van der Waals surface area contributed by atoms with E-state index in [-0.39, 0.29) is 128 Å². The number of nitrogens with zero attached hydrogens (tertiary/aromatic N) is 9. The Morgan fingerprint density at radius 1 is 0.697 bits per heavy atom. The number of para-hydroxylation sites is 3. The summed E-state index contributed by atoms with van der Waals surface area (Å²) in [5.74, 6) is -0.326. The third-order valence-electron chi connectivity index (χ3n) is 12.5. The molecule has 17 heteroatoms. The molecule has 0 bridgehead atoms. The van der Waals surface area contributed by atoms with E-state index >= 15 is 0 Å². The van der Waals surface area contributed by atoms with Crippen LogP contribution >= 0.6 is 11.3 Å². The van der Waals surface area contributed by atoms with Crippen molar-refractivity contribution in [3.05, 3.63) is 304 Å². The van der Waals surface area contributed by atoms with Crippen molar-refractivity contribution in [2.45, 2.75) is 20.8 Å². The molecule has 11 nitrogen and oxygen atoms in total. The topological polar surface area (TPSA) is 116 Å². The molecule has 0 unspecified atom stereocenters. The van der Waals surface area contributed by atoms with Crippen molar-refractivity contribution in [3.63, 3.8) is 0 Å². The van der Waals surface area contributed by atoms with Crippen LogP contribution in [0.3, 0.4) is 0 Å². The van der Waals surface area contributed by atoms with Gasteiger partial charge in [0, 0.05) is 125 Å². The van der Waals surface area contributed by atoms with Crippen LogP contribution in [0.2, 0.25) is 0 Å². The van der Waals surface area contributed by atoms with Gasteiger partial charge in [0.25, 0.3) is 0 Å². The van der Waals surface area contributed by atoms with Crippen molar-refractivity contribution in [3.8, 4) is 44.3 Å². The van der Waals surface area contributed by atoms with Crippen LogP contribution in [0.4, 0.5) is 27.1 Å². The molecule has 0 saturated carbocycles. The van der Waals surface area contributed by atoms with Gasteiger partial charge in [0.1, 0.15) is 0 Å². The summed E-state index contributed by atoms with van der Waals surface area (Å²) in [4.78, 5) is 32.2. The Balaban J connectivity index is 0.000000213. The summed E-state index contributed by atoms with van der Waals surface area (Å²) in [5.41, 5.74) is 10.1. The number of thiophene rings is 1. The number of carbonyl (C=O) groups is 1. The maximum atomic E-state index is 12.6. The van der Waals surface area contributed by atoms with E-state index in [2.05, 4.69) is 121 Å². The number of ketones is 1. The number of aryl methyl sites for hydroxylation is 1. The number of allylic oxidation sites excluding steroid dienone is 2. The second-order valence-electron chi connectivity index (χ2n) is 18.8. The number of hydrogen-bond acceptors (Lipinski definition) is 11. The molecule has 5 aromatic heterocycles. The molecular formula is C72H59FIr4N9O2S-4. The molecular weight excluding hydrogens is 1840 g/mol. The maximum Gasteiger partial charge on any atom is 3.00 e. The number of halogens is 1. The first-order valence-corrected chi connectivity index (χ1v) is 27.5. The fourth-order valence-corrected chi connectivity index (χ4v) is 9.54. The minimum atomic E-state index is -0.397. The standard InChI is InChI=1S/C22H16N.C14H12N2.C13H8NS.C10H9FN2.C8H6N3.C5H8O2.4Ir/c1-16-14-22(23-15-21(16)18-8-3-2-4-9-18)20-13-7-11-17-10-5-6-12-19(17)20;1-15-11-16(12-7-3-2-4-8-12)14-10-6-5-9-13(14)15;1-2-7-12-10(5-1)9-13(15-12)11-6-3-4-8-14-11;1-12-6-7-13(8-12)10-4-2-9(11)3-5-10;1-2-5-9-7(3-1)8-4-6-10-11-8;1-4(6)3-5(2)7;;;;/h2-12,14-15H,1H3;2-7,9-11H,1H3;1-8H;2-4,6-8H,1H3;1-6H;3,6H,1-2H3;;;;/q-1;-2;-1;-2;-1;;;;;+3/i2D,3D,4D,8D,9D;;;;;;;;;. The smallest absolute Gasteiger partial charge is 0.574 e. The molecule has 457 valence electrons. The van der Waals surface area contributed by atoms with E-state index < -0.39 is 6.04 Å². The van der Waals surface area contributed by atoms with Crippen LogP contribution in [0.15, 0.2) is 255 Å². The largest absolute Gasteiger partial charge is 3.00 e. The predicted octanol–water partition coefficient (Wildman–Crippen LogP) is 16.7. The molecule has 0 saturated heterocycles. The van der Waals surface area contributed by atoms with Crippen molar-refractivity contribution in [2.24, 2.45) is 0 Å². The SMILES string of the molecule is CC(=O)C=C(C)O.CN1C=CN(c2[c-]cc(F)cc2)[CH-]1.CN1[CH-]N(c2[c-]cccc2)c2ccccc21.[2H]c1c([2H])c([2H])c(-c2cnc(-c3[c-]ccc4ccccc34)cc2C)c([2H])c1[2H].[Ir+3].[Ir].[Ir].[Ir].[c-]1c(-c2ccccn2)sc2ccccc12.c1ccc(-c2ccn[n-]2)nc1. The number of fused-ring (bicyclic) bond motifs is 3. The van der Waals surface area contributed by atoms with Gasteiger partial charge in [0.15, 0.2) is 5.78 Å². The van der Waals surface area contributed by atoms with E-state index in [1.165, 1.54) is 53.5 Å². The number of carbonyl (C=O) groups excluding carboxylic acids is 1. The van der Waals surface area contributed by atoms with Crippen molar-refractivity contribution < 1.29 is 102 Å². The van der Waals surface area contributed by atoms with E-state index in [9.17, 15) is 9.18 Å². The third kappa shape index (κ3) is 20.6. The van der Waals surface area contributed by atoms with Crippen LogP contribution in [0, 0.1) is 50.3 Å². The number of aliphatic hydroxyl groups excluding tert-OH is 1. The average molecular weight is 1910 g/mol. The first kappa shape index (κ1) is 64.1. The first-order valence-electron chi connectivity index (χ1n) is 29.2. The summed E-state index contributed by atoms with van der Waals surface area (Å²) in [7, 11) is 3.99. The fraction of sp³-hybridized carbons (Fsp3) is 0.0694. The van der Waals surface area contributed by atoms with Crippen molar-refractivity contribution in [1.29, 1.82) is 0 Å². The van der Waals surface area contributed by atoms with Crippen molar-refractivity contribution in [1.82, 2.24) is 30.0 Å². The van der Waals surface area contributed by atoms with Crippen LogP contribution in [-0.2, 0) is 85.2 Å². The number of benzene rings is 7. The van der Waals surface area contributed by atoms with E-state index in [0.29, 0.717) is 5.56 Å². The zero-order chi connectivity index (χ0) is 63.7. The summed E-state index contributed by atoms with van der Waals surface area (Å²) in [5, 5.41) is 19.2. The Labute approximate surface area is 585 Å². The molecule has 2 aliphatic rings. The van der Waals surface area contributed by atoms with Gasteiger partial charge in [-0.3, -0.25) is 14.2 Å². The van der Waals surface area contributed by atoms with E-state index in [1.807, 2.05) is 158 Å². The second kappa shape index (κ2) is 36.5. The molecule has 89 heavy (non-hydrogen) atoms. The third-order valence-corrected chi connectivity index (χ3v) is 13.6. The number of aliphatic hydroxyl groups is 1. The monoisotopic (exact) mass is 1910 g/mol. The number of pyridine rings is 3. The average Bonchev–Trinajstić information content (AvgIpc) is 1.06. The Kier molecular flexibility index (Phi) is 26.3. The van der Waals surface area contributed by atoms with Crippen LogP contribution in [-0.4, -0.2) is 49.9 Å². The van der Waals surface area contributed by atoms with Gasteiger partial charge in [0.05, 0.1) is 12.6 Å². The van der Waals surface area contributed by atoms with Gasteiger partial charge in [-0.05, 0) is 104 Å². The molecule has 0 spiro atoms. The van der Waals surface area contributed by atoms with E-state index in [1.54, 1.807) is 36.0 Å². The summed E-state index contributed by atoms with van der Waals surface area (Å²) < 4.78 is 53.7. The van der Waals surface area contributed by atoms with Crippen LogP contribution in [0.5, 0.6) is 0 Å². The minimum absolute atomic E-state index is 0. The van der Waals surface area contributed by atoms with Crippen molar-refractivity contribution >= 4 is 60.7 Å². The molecule has 7 aromatic carbocycles. The minimum Gasteiger partial charge on any atom is -0.574 e. The van der Waals surface area contributed by atoms with Gasteiger partial charge in [-0.25, -0.2) is 11.3 Å². The maximum absolute atomic E-state index is 12.6. The molecule has 12 aromatic rings. The Morgan fingerprint density at radius 3 is 2.01 bits per heavy atom. The molecule has 1 N–H and O–H groups in total. The Morgan fingerprint density at radius 2 is 1.39 bits per heavy atom. The molecule has 3 radical (unpaired) electrons. The normalized spacial score (nSPS) is 12.3. The van der Waals surface area contributed by atoms with Gasteiger partial charge in [-0.1, -0.05) is 120 Å². The Hall–Kier alpha value is -7.90. The zero-order valence-electron chi connectivity index (χ0n) is 53.4. The zero-order valence-corrected chi connectivity index (χ0v) is 58.8. The van der Waals surface area contributed by atoms with Gasteiger partial charge in [-0.2, -0.15) is 49.7 Å². The van der Waals surface area contributed by atoms with Gasteiger partial charge in [-0.15, -0.1) is 82.3 Å². The molecule has 0 atom stereocenters. The quantitative estimate of drug-likeness (QED) is 0.0934. The van der Waals surface area contributed by atoms with Crippen LogP contribution in [0.1, 0.15) is 26.3 Å². The van der Waals surface area contributed by atoms with Crippen molar-refractivity contribution in [2.75, 3.05) is 28.8 Å². The number of rotatable bonds is 7. The molecule has 2 aliphatic heterocycles. The van der Waals surface area contributed by atoms with Gasteiger partial charge < -0.3 is 44.9 Å². The van der Waals surface area contributed by atoms with Crippen LogP contribution in [0.25, 0.3) is 65.2 Å².